The molecule has 0 radical (unpaired) electrons. The largest absolute Gasteiger partial charge is 0.454 e. The van der Waals surface area contributed by atoms with E-state index in [-0.39, 0.29) is 6.61 Å². The molecule has 0 spiro atoms. The Hall–Kier alpha value is -1.49. The minimum atomic E-state index is -1.12. The van der Waals surface area contributed by atoms with Crippen LogP contribution in [0.15, 0.2) is 24.7 Å². The number of esters is 1. The predicted molar refractivity (Wildman–Crippen MR) is 46.8 cm³/mol. The van der Waals surface area contributed by atoms with Crippen LogP contribution in [0.3, 0.4) is 0 Å². The van der Waals surface area contributed by atoms with Crippen molar-refractivity contribution in [2.45, 2.75) is 12.9 Å². The highest BCUT2D eigenvalue weighted by Crippen LogP contribution is 2.25. The summed E-state index contributed by atoms with van der Waals surface area (Å²) in [6, 6.07) is 0. The zero-order valence-electron chi connectivity index (χ0n) is 8.11. The van der Waals surface area contributed by atoms with Crippen molar-refractivity contribution in [3.05, 3.63) is 24.7 Å². The van der Waals surface area contributed by atoms with Crippen LogP contribution in [0, 0.1) is 0 Å². The smallest absolute Gasteiger partial charge is 0.367 e. The molecule has 0 aromatic carbocycles. The third kappa shape index (κ3) is 2.50. The van der Waals surface area contributed by atoms with Crippen LogP contribution >= 0.6 is 0 Å². The van der Waals surface area contributed by atoms with Gasteiger partial charge in [0.1, 0.15) is 6.26 Å². The Kier molecular flexibility index (Phi) is 3.14. The van der Waals surface area contributed by atoms with Gasteiger partial charge in [0.15, 0.2) is 12.4 Å². The second-order valence-corrected chi connectivity index (χ2v) is 2.68. The lowest BCUT2D eigenvalue weighted by Crippen LogP contribution is -2.28. The molecule has 1 aliphatic rings. The highest BCUT2D eigenvalue weighted by molar-refractivity contribution is 5.81. The van der Waals surface area contributed by atoms with Gasteiger partial charge in [0.2, 0.25) is 0 Å². The average molecular weight is 200 g/mol. The van der Waals surface area contributed by atoms with Gasteiger partial charge in [-0.25, -0.2) is 4.79 Å². The van der Waals surface area contributed by atoms with Crippen LogP contribution in [0.2, 0.25) is 0 Å². The number of methoxy groups -OCH3 is 1. The number of rotatable bonds is 4. The fourth-order valence-electron chi connectivity index (χ4n) is 0.813. The summed E-state index contributed by atoms with van der Waals surface area (Å²) in [4.78, 5) is 10.7. The van der Waals surface area contributed by atoms with Gasteiger partial charge in [0, 0.05) is 20.1 Å². The van der Waals surface area contributed by atoms with Crippen LogP contribution in [-0.2, 0) is 23.7 Å². The predicted octanol–water partition coefficient (Wildman–Crippen LogP) is 0.924. The van der Waals surface area contributed by atoms with Crippen LogP contribution < -0.4 is 0 Å². The Balaban J connectivity index is 2.36. The first-order valence-corrected chi connectivity index (χ1v) is 4.00. The highest BCUT2D eigenvalue weighted by atomic mass is 16.9. The molecule has 5 nitrogen and oxygen atoms in total. The molecule has 0 aliphatic carbocycles. The summed E-state index contributed by atoms with van der Waals surface area (Å²) in [5.41, 5.74) is 0. The average Bonchev–Trinajstić information content (AvgIpc) is 2.58. The first kappa shape index (κ1) is 10.6. The molecule has 5 heteroatoms. The molecule has 0 fully saturated rings. The SMILES string of the molecule is C=CC(=O)OCC1=COC(C)(OC)O1. The quantitative estimate of drug-likeness (QED) is 0.499. The van der Waals surface area contributed by atoms with E-state index >= 15 is 0 Å². The third-order valence-corrected chi connectivity index (χ3v) is 1.62. The molecule has 0 aromatic heterocycles. The van der Waals surface area contributed by atoms with Gasteiger partial charge in [0.25, 0.3) is 0 Å². The van der Waals surface area contributed by atoms with Crippen molar-refractivity contribution in [1.29, 1.82) is 0 Å². The van der Waals surface area contributed by atoms with E-state index in [0.29, 0.717) is 5.76 Å². The van der Waals surface area contributed by atoms with E-state index in [1.807, 2.05) is 0 Å². The molecule has 1 unspecified atom stereocenters. The molecular formula is C9H12O5. The molecule has 78 valence electrons. The molecule has 0 amide bonds. The van der Waals surface area contributed by atoms with Gasteiger partial charge in [-0.3, -0.25) is 0 Å². The zero-order valence-corrected chi connectivity index (χ0v) is 8.11. The van der Waals surface area contributed by atoms with Crippen molar-refractivity contribution in [1.82, 2.24) is 0 Å². The van der Waals surface area contributed by atoms with Gasteiger partial charge in [0.05, 0.1) is 0 Å². The van der Waals surface area contributed by atoms with Crippen LogP contribution in [0.1, 0.15) is 6.92 Å². The van der Waals surface area contributed by atoms with Gasteiger partial charge in [-0.15, -0.1) is 0 Å². The molecule has 0 bridgehead atoms. The summed E-state index contributed by atoms with van der Waals surface area (Å²) in [6.45, 7) is 4.87. The van der Waals surface area contributed by atoms with E-state index in [0.717, 1.165) is 6.08 Å². The standard InChI is InChI=1S/C9H12O5/c1-4-8(10)12-5-7-6-13-9(2,11-3)14-7/h4,6H,1,5H2,2-3H3. The van der Waals surface area contributed by atoms with Crippen LogP contribution in [-0.4, -0.2) is 25.7 Å². The van der Waals surface area contributed by atoms with Gasteiger partial charge < -0.3 is 18.9 Å². The maximum atomic E-state index is 10.7. The third-order valence-electron chi connectivity index (χ3n) is 1.62. The summed E-state index contributed by atoms with van der Waals surface area (Å²) >= 11 is 0. The van der Waals surface area contributed by atoms with Crippen LogP contribution in [0.4, 0.5) is 0 Å². The maximum Gasteiger partial charge on any atom is 0.367 e. The summed E-state index contributed by atoms with van der Waals surface area (Å²) in [6.07, 6.45) is 2.42. The fourth-order valence-corrected chi connectivity index (χ4v) is 0.813. The summed E-state index contributed by atoms with van der Waals surface area (Å²) in [7, 11) is 1.45. The van der Waals surface area contributed by atoms with Gasteiger partial charge in [-0.05, 0) is 0 Å². The van der Waals surface area contributed by atoms with Gasteiger partial charge in [-0.1, -0.05) is 6.58 Å². The number of hydrogen-bond donors (Lipinski definition) is 0. The fraction of sp³-hybridized carbons (Fsp3) is 0.444. The Labute approximate surface area is 81.9 Å². The molecule has 0 saturated carbocycles. The first-order chi connectivity index (χ1) is 6.59. The molecule has 0 saturated heterocycles. The molecule has 0 aromatic rings. The Morgan fingerprint density at radius 3 is 3.00 bits per heavy atom. The molecule has 1 heterocycles. The Bertz CT molecular complexity index is 270. The van der Waals surface area contributed by atoms with E-state index in [2.05, 4.69) is 6.58 Å². The van der Waals surface area contributed by atoms with Crippen LogP contribution in [0.5, 0.6) is 0 Å². The lowest BCUT2D eigenvalue weighted by atomic mass is 10.5. The molecular weight excluding hydrogens is 188 g/mol. The lowest BCUT2D eigenvalue weighted by molar-refractivity contribution is -0.301. The second kappa shape index (κ2) is 4.15. The van der Waals surface area contributed by atoms with Crippen molar-refractivity contribution in [2.24, 2.45) is 0 Å². The van der Waals surface area contributed by atoms with E-state index < -0.39 is 11.9 Å². The summed E-state index contributed by atoms with van der Waals surface area (Å²) in [5.74, 6) is -1.24. The van der Waals surface area contributed by atoms with Gasteiger partial charge in [-0.2, -0.15) is 0 Å². The molecule has 1 rings (SSSR count). The van der Waals surface area contributed by atoms with Crippen LogP contribution in [0.25, 0.3) is 0 Å². The lowest BCUT2D eigenvalue weighted by Gasteiger charge is -2.20. The van der Waals surface area contributed by atoms with E-state index in [9.17, 15) is 4.79 Å². The van der Waals surface area contributed by atoms with Crippen molar-refractivity contribution in [2.75, 3.05) is 13.7 Å². The van der Waals surface area contributed by atoms with E-state index in [1.54, 1.807) is 6.92 Å². The second-order valence-electron chi connectivity index (χ2n) is 2.68. The highest BCUT2D eigenvalue weighted by Gasteiger charge is 2.33. The first-order valence-electron chi connectivity index (χ1n) is 4.00. The molecule has 14 heavy (non-hydrogen) atoms. The maximum absolute atomic E-state index is 10.7. The normalized spacial score (nSPS) is 24.6. The van der Waals surface area contributed by atoms with Crippen molar-refractivity contribution in [3.63, 3.8) is 0 Å². The van der Waals surface area contributed by atoms with Gasteiger partial charge >= 0.3 is 11.9 Å². The Morgan fingerprint density at radius 2 is 2.50 bits per heavy atom. The zero-order chi connectivity index (χ0) is 10.6. The van der Waals surface area contributed by atoms with E-state index in [1.165, 1.54) is 13.4 Å². The summed E-state index contributed by atoms with van der Waals surface area (Å²) in [5, 5.41) is 0. The number of hydrogen-bond acceptors (Lipinski definition) is 5. The monoisotopic (exact) mass is 200 g/mol. The summed E-state index contributed by atoms with van der Waals surface area (Å²) < 4.78 is 19.9. The van der Waals surface area contributed by atoms with Crippen molar-refractivity contribution >= 4 is 5.97 Å². The number of carbonyl (C=O) groups excluding carboxylic acids is 1. The molecule has 1 aliphatic heterocycles. The minimum absolute atomic E-state index is 0.00377. The number of ether oxygens (including phenoxy) is 4. The molecule has 0 N–H and O–H groups in total. The van der Waals surface area contributed by atoms with Crippen molar-refractivity contribution in [3.8, 4) is 0 Å². The molecule has 1 atom stereocenters. The van der Waals surface area contributed by atoms with E-state index in [4.69, 9.17) is 18.9 Å². The Morgan fingerprint density at radius 1 is 1.79 bits per heavy atom. The topological polar surface area (TPSA) is 54.0 Å². The number of carbonyl (C=O) groups is 1. The van der Waals surface area contributed by atoms with Crippen molar-refractivity contribution < 1.29 is 23.7 Å². The minimum Gasteiger partial charge on any atom is -0.454 e.